The molecule has 0 aromatic heterocycles. The van der Waals surface area contributed by atoms with Crippen molar-refractivity contribution in [2.24, 2.45) is 0 Å². The van der Waals surface area contributed by atoms with Gasteiger partial charge in [0.1, 0.15) is 10.5 Å². The molecule has 1 nitrogen and oxygen atoms in total. The van der Waals surface area contributed by atoms with E-state index in [1.54, 1.807) is 0 Å². The average Bonchev–Trinajstić information content (AvgIpc) is 1.64. The van der Waals surface area contributed by atoms with Crippen molar-refractivity contribution >= 4 is 52.2 Å². The lowest BCUT2D eigenvalue weighted by Crippen LogP contribution is -2.42. The summed E-state index contributed by atoms with van der Waals surface area (Å²) in [4.78, 5) is 0. The van der Waals surface area contributed by atoms with E-state index in [2.05, 4.69) is 0 Å². The standard InChI is InChI=1S/C3H9Cl3OSi2/c1-9(2,6)3(4,5)7-8/h1-2,8H3. The second kappa shape index (κ2) is 3.11. The summed E-state index contributed by atoms with van der Waals surface area (Å²) in [5.74, 6) is 0. The van der Waals surface area contributed by atoms with Gasteiger partial charge in [-0.1, -0.05) is 36.3 Å². The maximum atomic E-state index is 5.90. The Morgan fingerprint density at radius 3 is 1.78 bits per heavy atom. The third kappa shape index (κ3) is 2.78. The minimum absolute atomic E-state index is 0.515. The van der Waals surface area contributed by atoms with E-state index in [0.717, 1.165) is 0 Å². The molecule has 6 heteroatoms. The molecule has 0 aromatic carbocycles. The molecule has 0 radical (unpaired) electrons. The topological polar surface area (TPSA) is 9.23 Å². The Balaban J connectivity index is 4.14. The number of halogens is 3. The molecule has 0 atom stereocenters. The molecule has 0 N–H and O–H groups in total. The van der Waals surface area contributed by atoms with Crippen molar-refractivity contribution in [1.82, 2.24) is 0 Å². The van der Waals surface area contributed by atoms with Crippen LogP contribution in [0.15, 0.2) is 0 Å². The van der Waals surface area contributed by atoms with Gasteiger partial charge in [0.25, 0.3) is 0 Å². The molecule has 0 fully saturated rings. The summed E-state index contributed by atoms with van der Waals surface area (Å²) in [7, 11) is -1.55. The van der Waals surface area contributed by atoms with Gasteiger partial charge >= 0.3 is 0 Å². The van der Waals surface area contributed by atoms with Gasteiger partial charge in [-0.25, -0.2) is 0 Å². The normalized spacial score (nSPS) is 14.3. The fourth-order valence-corrected chi connectivity index (χ4v) is 2.88. The lowest BCUT2D eigenvalue weighted by molar-refractivity contribution is 0.344. The second-order valence-electron chi connectivity index (χ2n) is 2.19. The van der Waals surface area contributed by atoms with Gasteiger partial charge in [0.15, 0.2) is 0 Å². The van der Waals surface area contributed by atoms with E-state index in [1.165, 1.54) is 0 Å². The average molecular weight is 224 g/mol. The molecule has 9 heavy (non-hydrogen) atoms. The van der Waals surface area contributed by atoms with Crippen LogP contribution in [0.1, 0.15) is 0 Å². The molecule has 0 aromatic rings. The van der Waals surface area contributed by atoms with Crippen molar-refractivity contribution in [3.05, 3.63) is 0 Å². The zero-order valence-corrected chi connectivity index (χ0v) is 10.8. The predicted octanol–water partition coefficient (Wildman–Crippen LogP) is 1.40. The maximum Gasteiger partial charge on any atom is 0.221 e. The van der Waals surface area contributed by atoms with Crippen LogP contribution in [0.25, 0.3) is 0 Å². The summed E-state index contributed by atoms with van der Waals surface area (Å²) in [6, 6.07) is 0. The van der Waals surface area contributed by atoms with Gasteiger partial charge in [-0.3, -0.25) is 0 Å². The van der Waals surface area contributed by atoms with Crippen LogP contribution in [-0.4, -0.2) is 22.0 Å². The highest BCUT2D eigenvalue weighted by Gasteiger charge is 2.43. The fraction of sp³-hybridized carbons (Fsp3) is 1.00. The molecule has 0 aliphatic carbocycles. The highest BCUT2D eigenvalue weighted by molar-refractivity contribution is 7.25. The van der Waals surface area contributed by atoms with E-state index in [0.29, 0.717) is 10.5 Å². The molecular weight excluding hydrogens is 215 g/mol. The van der Waals surface area contributed by atoms with Crippen LogP contribution < -0.4 is 0 Å². The molecular formula is C3H9Cl3OSi2. The summed E-state index contributed by atoms with van der Waals surface area (Å²) in [6.07, 6.45) is 0. The Hall–Kier alpha value is 1.26. The quantitative estimate of drug-likeness (QED) is 0.391. The largest absolute Gasteiger partial charge is 0.401 e. The maximum absolute atomic E-state index is 5.90. The zero-order valence-electron chi connectivity index (χ0n) is 5.54. The zero-order chi connectivity index (χ0) is 7.71. The third-order valence-electron chi connectivity index (χ3n) is 0.948. The minimum atomic E-state index is -2.07. The Bertz CT molecular complexity index is 99.7. The van der Waals surface area contributed by atoms with E-state index >= 15 is 0 Å². The van der Waals surface area contributed by atoms with Gasteiger partial charge in [0.2, 0.25) is 11.5 Å². The number of hydrogen-bond acceptors (Lipinski definition) is 1. The van der Waals surface area contributed by atoms with Crippen LogP contribution in [0, 0.1) is 0 Å². The van der Waals surface area contributed by atoms with Gasteiger partial charge in [-0.05, 0) is 0 Å². The molecule has 0 aliphatic heterocycles. The number of hydrogen-bond donors (Lipinski definition) is 0. The molecule has 0 aliphatic rings. The summed E-state index contributed by atoms with van der Waals surface area (Å²) in [6.45, 7) is 3.68. The lowest BCUT2D eigenvalue weighted by atomic mass is 11.6. The molecule has 0 heterocycles. The molecule has 0 bridgehead atoms. The van der Waals surface area contributed by atoms with Gasteiger partial charge in [0.05, 0.1) is 0 Å². The van der Waals surface area contributed by atoms with Crippen molar-refractivity contribution in [2.75, 3.05) is 0 Å². The minimum Gasteiger partial charge on any atom is -0.401 e. The molecule has 0 unspecified atom stereocenters. The fourth-order valence-electron chi connectivity index (χ4n) is 0.243. The van der Waals surface area contributed by atoms with Crippen molar-refractivity contribution in [1.29, 1.82) is 0 Å². The molecule has 0 spiro atoms. The highest BCUT2D eigenvalue weighted by Crippen LogP contribution is 2.35. The first-order valence-corrected chi connectivity index (χ1v) is 8.01. The van der Waals surface area contributed by atoms with Crippen LogP contribution in [0.2, 0.25) is 13.1 Å². The van der Waals surface area contributed by atoms with Gasteiger partial charge in [-0.2, -0.15) is 11.1 Å². The molecule has 56 valence electrons. The van der Waals surface area contributed by atoms with Crippen LogP contribution in [0.4, 0.5) is 0 Å². The van der Waals surface area contributed by atoms with E-state index in [1.807, 2.05) is 13.1 Å². The molecule has 0 amide bonds. The Morgan fingerprint density at radius 2 is 1.78 bits per heavy atom. The monoisotopic (exact) mass is 222 g/mol. The molecule has 0 saturated carbocycles. The van der Waals surface area contributed by atoms with Crippen LogP contribution in [0.5, 0.6) is 0 Å². The first kappa shape index (κ1) is 10.3. The second-order valence-corrected chi connectivity index (χ2v) is 11.0. The summed E-state index contributed by atoms with van der Waals surface area (Å²) >= 11 is 17.3. The predicted molar refractivity (Wildman–Crippen MR) is 48.8 cm³/mol. The van der Waals surface area contributed by atoms with Crippen LogP contribution in [-0.2, 0) is 4.43 Å². The third-order valence-corrected chi connectivity index (χ3v) is 8.60. The van der Waals surface area contributed by atoms with Crippen LogP contribution in [0.3, 0.4) is 0 Å². The van der Waals surface area contributed by atoms with Gasteiger partial charge in [0, 0.05) is 0 Å². The first-order chi connectivity index (χ1) is 3.81. The summed E-state index contributed by atoms with van der Waals surface area (Å²) in [5, 5.41) is 0. The Morgan fingerprint density at radius 1 is 1.44 bits per heavy atom. The summed E-state index contributed by atoms with van der Waals surface area (Å²) in [5.41, 5.74) is 0. The summed E-state index contributed by atoms with van der Waals surface area (Å²) < 4.78 is 3.79. The Labute approximate surface area is 73.9 Å². The van der Waals surface area contributed by atoms with Crippen LogP contribution >= 0.6 is 34.3 Å². The van der Waals surface area contributed by atoms with E-state index in [9.17, 15) is 0 Å². The first-order valence-electron chi connectivity index (χ1n) is 2.43. The van der Waals surface area contributed by atoms with E-state index in [4.69, 9.17) is 38.7 Å². The highest BCUT2D eigenvalue weighted by atomic mass is 35.6. The van der Waals surface area contributed by atoms with E-state index in [-0.39, 0.29) is 0 Å². The SMILES string of the molecule is C[Si](C)(Cl)C(Cl)(Cl)O[SiH3]. The lowest BCUT2D eigenvalue weighted by Gasteiger charge is -2.27. The Kier molecular flexibility index (Phi) is 3.55. The van der Waals surface area contributed by atoms with E-state index < -0.39 is 11.5 Å². The smallest absolute Gasteiger partial charge is 0.221 e. The van der Waals surface area contributed by atoms with Crippen molar-refractivity contribution < 1.29 is 4.43 Å². The van der Waals surface area contributed by atoms with Crippen molar-refractivity contribution in [3.8, 4) is 0 Å². The van der Waals surface area contributed by atoms with Crippen molar-refractivity contribution in [3.63, 3.8) is 0 Å². The molecule has 0 saturated heterocycles. The number of alkyl halides is 2. The van der Waals surface area contributed by atoms with Gasteiger partial charge < -0.3 is 4.43 Å². The van der Waals surface area contributed by atoms with Gasteiger partial charge in [-0.15, -0.1) is 0 Å². The molecule has 0 rings (SSSR count). The van der Waals surface area contributed by atoms with Crippen molar-refractivity contribution in [2.45, 2.75) is 17.2 Å². The number of rotatable bonds is 2.